The van der Waals surface area contributed by atoms with Crippen molar-refractivity contribution in [1.82, 2.24) is 16.0 Å². The molecule has 0 aliphatic rings. The average molecular weight is 482 g/mol. The van der Waals surface area contributed by atoms with Crippen LogP contribution in [-0.4, -0.2) is 82.4 Å². The van der Waals surface area contributed by atoms with Crippen LogP contribution in [0.5, 0.6) is 0 Å². The summed E-state index contributed by atoms with van der Waals surface area (Å²) in [4.78, 5) is 49.5. The Morgan fingerprint density at radius 2 is 1.53 bits per heavy atom. The molecule has 1 aromatic rings. The van der Waals surface area contributed by atoms with Crippen LogP contribution < -0.4 is 27.4 Å². The zero-order valence-electron chi connectivity index (χ0n) is 19.1. The van der Waals surface area contributed by atoms with Gasteiger partial charge in [-0.05, 0) is 38.3 Å². The molecule has 12 nitrogen and oxygen atoms in total. The van der Waals surface area contributed by atoms with E-state index < -0.39 is 60.6 Å². The summed E-state index contributed by atoms with van der Waals surface area (Å²) in [6, 6.07) is 3.76. The number of amides is 3. The highest BCUT2D eigenvalue weighted by Crippen LogP contribution is 2.07. The molecule has 0 bridgehead atoms. The summed E-state index contributed by atoms with van der Waals surface area (Å²) < 4.78 is 0. The van der Waals surface area contributed by atoms with Crippen LogP contribution in [-0.2, 0) is 25.6 Å². The van der Waals surface area contributed by atoms with Crippen molar-refractivity contribution in [2.24, 2.45) is 11.5 Å². The summed E-state index contributed by atoms with van der Waals surface area (Å²) in [6.07, 6.45) is -0.102. The van der Waals surface area contributed by atoms with Crippen LogP contribution in [0, 0.1) is 0 Å². The molecule has 12 heteroatoms. The van der Waals surface area contributed by atoms with Gasteiger partial charge in [0.15, 0.2) is 6.04 Å². The van der Waals surface area contributed by atoms with Gasteiger partial charge < -0.3 is 42.7 Å². The number of hydrogen-bond donors (Lipinski definition) is 8. The Balaban J connectivity index is 3.07. The van der Waals surface area contributed by atoms with Crippen LogP contribution >= 0.6 is 0 Å². The third kappa shape index (κ3) is 9.83. The second-order valence-electron chi connectivity index (χ2n) is 7.95. The van der Waals surface area contributed by atoms with Crippen molar-refractivity contribution in [2.75, 3.05) is 13.2 Å². The third-order valence-corrected chi connectivity index (χ3v) is 5.08. The van der Waals surface area contributed by atoms with Crippen molar-refractivity contribution in [1.29, 1.82) is 0 Å². The Kier molecular flexibility index (Phi) is 12.7. The lowest BCUT2D eigenvalue weighted by molar-refractivity contribution is -0.145. The highest BCUT2D eigenvalue weighted by atomic mass is 16.4. The smallest absolute Gasteiger partial charge is 0.328 e. The van der Waals surface area contributed by atoms with Crippen LogP contribution in [0.25, 0.3) is 0 Å². The Labute approximate surface area is 198 Å². The minimum absolute atomic E-state index is 0.0825. The van der Waals surface area contributed by atoms with Crippen molar-refractivity contribution < 1.29 is 34.5 Å². The van der Waals surface area contributed by atoms with Crippen LogP contribution in [0.1, 0.15) is 31.7 Å². The summed E-state index contributed by atoms with van der Waals surface area (Å²) in [5.74, 6) is -3.67. The molecule has 0 saturated heterocycles. The first-order valence-electron chi connectivity index (χ1n) is 11.0. The molecule has 10 N–H and O–H groups in total. The Bertz CT molecular complexity index is 806. The van der Waals surface area contributed by atoms with E-state index in [4.69, 9.17) is 16.6 Å². The first kappa shape index (κ1) is 29.0. The minimum atomic E-state index is -1.57. The first-order valence-corrected chi connectivity index (χ1v) is 11.0. The lowest BCUT2D eigenvalue weighted by atomic mass is 10.0. The fourth-order valence-electron chi connectivity index (χ4n) is 3.10. The van der Waals surface area contributed by atoms with E-state index in [0.717, 1.165) is 5.56 Å². The predicted molar refractivity (Wildman–Crippen MR) is 123 cm³/mol. The van der Waals surface area contributed by atoms with E-state index in [9.17, 15) is 29.4 Å². The lowest BCUT2D eigenvalue weighted by Gasteiger charge is -2.26. The normalized spacial score (nSPS) is 15.3. The number of nitrogens with one attached hydrogen (secondary N) is 3. The van der Waals surface area contributed by atoms with Gasteiger partial charge in [-0.3, -0.25) is 14.4 Å². The minimum Gasteiger partial charge on any atom is -0.480 e. The number of rotatable bonds is 15. The highest BCUT2D eigenvalue weighted by molar-refractivity contribution is 5.94. The van der Waals surface area contributed by atoms with Gasteiger partial charge in [-0.1, -0.05) is 30.3 Å². The highest BCUT2D eigenvalue weighted by Gasteiger charge is 2.31. The molecule has 1 aromatic carbocycles. The Morgan fingerprint density at radius 3 is 2.06 bits per heavy atom. The molecule has 5 atom stereocenters. The monoisotopic (exact) mass is 481 g/mol. The van der Waals surface area contributed by atoms with Gasteiger partial charge in [0.1, 0.15) is 18.1 Å². The van der Waals surface area contributed by atoms with Gasteiger partial charge in [0, 0.05) is 6.42 Å². The van der Waals surface area contributed by atoms with E-state index in [1.807, 2.05) is 0 Å². The summed E-state index contributed by atoms with van der Waals surface area (Å²) in [7, 11) is 0. The van der Waals surface area contributed by atoms with Gasteiger partial charge in [0.25, 0.3) is 0 Å². The Morgan fingerprint density at radius 1 is 0.941 bits per heavy atom. The molecule has 0 aliphatic heterocycles. The SMILES string of the molecule is CC(O)C(NC(=O)C(CCCCN)NC(=O)C(Cc1ccccc1)NC(=O)C(N)CO)C(=O)O. The Hall–Kier alpha value is -3.06. The topological polar surface area (TPSA) is 217 Å². The average Bonchev–Trinajstić information content (AvgIpc) is 2.80. The fourth-order valence-corrected chi connectivity index (χ4v) is 3.10. The zero-order chi connectivity index (χ0) is 25.7. The second-order valence-corrected chi connectivity index (χ2v) is 7.95. The van der Waals surface area contributed by atoms with Gasteiger partial charge in [-0.15, -0.1) is 0 Å². The largest absolute Gasteiger partial charge is 0.480 e. The second kappa shape index (κ2) is 15.0. The van der Waals surface area contributed by atoms with E-state index in [0.29, 0.717) is 19.4 Å². The summed E-state index contributed by atoms with van der Waals surface area (Å²) in [5.41, 5.74) is 11.8. The number of unbranched alkanes of at least 4 members (excludes halogenated alkanes) is 1. The van der Waals surface area contributed by atoms with Crippen LogP contribution in [0.3, 0.4) is 0 Å². The molecule has 0 fully saturated rings. The number of carboxylic acids is 1. The molecule has 0 heterocycles. The van der Waals surface area contributed by atoms with Crippen molar-refractivity contribution >= 4 is 23.7 Å². The van der Waals surface area contributed by atoms with Gasteiger partial charge in [0.05, 0.1) is 12.7 Å². The number of aliphatic carboxylic acids is 1. The number of carboxylic acid groups (broad SMARTS) is 1. The number of nitrogens with two attached hydrogens (primary N) is 2. The number of hydrogen-bond acceptors (Lipinski definition) is 8. The maximum Gasteiger partial charge on any atom is 0.328 e. The number of carbonyl (C=O) groups is 4. The molecule has 1 rings (SSSR count). The summed E-state index contributed by atoms with van der Waals surface area (Å²) in [5, 5.41) is 35.3. The third-order valence-electron chi connectivity index (χ3n) is 5.08. The first-order chi connectivity index (χ1) is 16.1. The molecule has 34 heavy (non-hydrogen) atoms. The molecule has 0 saturated carbocycles. The molecule has 0 aliphatic carbocycles. The molecular formula is C22H35N5O7. The molecule has 190 valence electrons. The standard InChI is InChI=1S/C22H35N5O7/c1-13(29)18(22(33)34)27-20(31)16(9-5-6-10-23)25-21(32)17(26-19(30)15(24)12-28)11-14-7-3-2-4-8-14/h2-4,7-8,13,15-18,28-29H,5-6,9-12,23-24H2,1H3,(H,25,32)(H,26,30)(H,27,31)(H,33,34). The van der Waals surface area contributed by atoms with Crippen molar-refractivity contribution in [3.63, 3.8) is 0 Å². The zero-order valence-corrected chi connectivity index (χ0v) is 19.1. The van der Waals surface area contributed by atoms with Crippen LogP contribution in [0.2, 0.25) is 0 Å². The summed E-state index contributed by atoms with van der Waals surface area (Å²) in [6.45, 7) is 0.960. The maximum absolute atomic E-state index is 13.1. The number of aliphatic hydroxyl groups is 2. The van der Waals surface area contributed by atoms with Gasteiger partial charge in [0.2, 0.25) is 17.7 Å². The number of carbonyl (C=O) groups excluding carboxylic acids is 3. The number of benzene rings is 1. The lowest BCUT2D eigenvalue weighted by Crippen LogP contribution is -2.58. The molecule has 0 spiro atoms. The van der Waals surface area contributed by atoms with Gasteiger partial charge >= 0.3 is 5.97 Å². The van der Waals surface area contributed by atoms with Crippen LogP contribution in [0.15, 0.2) is 30.3 Å². The van der Waals surface area contributed by atoms with E-state index in [1.54, 1.807) is 30.3 Å². The number of aliphatic hydroxyl groups excluding tert-OH is 2. The maximum atomic E-state index is 13.1. The fraction of sp³-hybridized carbons (Fsp3) is 0.545. The molecule has 5 unspecified atom stereocenters. The molecular weight excluding hydrogens is 446 g/mol. The quantitative estimate of drug-likeness (QED) is 0.125. The molecule has 3 amide bonds. The van der Waals surface area contributed by atoms with E-state index >= 15 is 0 Å². The molecule has 0 aromatic heterocycles. The van der Waals surface area contributed by atoms with Gasteiger partial charge in [-0.2, -0.15) is 0 Å². The predicted octanol–water partition coefficient (Wildman–Crippen LogP) is -2.40. The van der Waals surface area contributed by atoms with E-state index in [1.165, 1.54) is 6.92 Å². The van der Waals surface area contributed by atoms with Crippen molar-refractivity contribution in [2.45, 2.75) is 62.9 Å². The summed E-state index contributed by atoms with van der Waals surface area (Å²) >= 11 is 0. The van der Waals surface area contributed by atoms with Crippen LogP contribution in [0.4, 0.5) is 0 Å². The van der Waals surface area contributed by atoms with Gasteiger partial charge in [-0.25, -0.2) is 4.79 Å². The van der Waals surface area contributed by atoms with E-state index in [2.05, 4.69) is 16.0 Å². The molecule has 0 radical (unpaired) electrons. The van der Waals surface area contributed by atoms with E-state index in [-0.39, 0.29) is 12.8 Å². The van der Waals surface area contributed by atoms with Crippen molar-refractivity contribution in [3.8, 4) is 0 Å². The van der Waals surface area contributed by atoms with Crippen molar-refractivity contribution in [3.05, 3.63) is 35.9 Å².